The highest BCUT2D eigenvalue weighted by molar-refractivity contribution is 7.87. The molecule has 2 fully saturated rings. The Kier molecular flexibility index (Phi) is 9.78. The maximum Gasteiger partial charge on any atom is 0.522 e. The molecule has 37 heavy (non-hydrogen) atoms. The number of halogens is 4. The van der Waals surface area contributed by atoms with E-state index in [-0.39, 0.29) is 30.9 Å². The summed E-state index contributed by atoms with van der Waals surface area (Å²) in [6.45, 7) is 0.185. The van der Waals surface area contributed by atoms with E-state index in [2.05, 4.69) is 9.46 Å². The molecule has 0 spiro atoms. The number of likely N-dealkylation sites (N-methyl/N-ethyl adjacent to an activating group) is 1. The first-order valence-electron chi connectivity index (χ1n) is 12.1. The number of likely N-dealkylation sites (tertiary alicyclic amines) is 1. The first-order chi connectivity index (χ1) is 17.3. The molecule has 0 bridgehead atoms. The SMILES string of the molecule is C[C@@H]1C[C@H](NS(=O)(=O)N(C)CCOC(F)(F)F)[C@H](COC2CCC(c3cccc(F)c3)CC2)N1C(=O)O. The lowest BCUT2D eigenvalue weighted by Gasteiger charge is -2.33. The molecular formula is C23H33F4N3O6S. The molecule has 1 saturated heterocycles. The molecule has 1 aromatic carbocycles. The van der Waals surface area contributed by atoms with E-state index in [9.17, 15) is 35.9 Å². The molecule has 1 saturated carbocycles. The maximum atomic E-state index is 13.6. The lowest BCUT2D eigenvalue weighted by atomic mass is 9.82. The summed E-state index contributed by atoms with van der Waals surface area (Å²) in [4.78, 5) is 13.1. The van der Waals surface area contributed by atoms with Crippen LogP contribution in [0.15, 0.2) is 24.3 Å². The quantitative estimate of drug-likeness (QED) is 0.427. The fourth-order valence-corrected chi connectivity index (χ4v) is 6.19. The van der Waals surface area contributed by atoms with Crippen LogP contribution in [0, 0.1) is 5.82 Å². The van der Waals surface area contributed by atoms with Crippen LogP contribution in [-0.2, 0) is 19.7 Å². The van der Waals surface area contributed by atoms with Crippen molar-refractivity contribution in [2.24, 2.45) is 0 Å². The van der Waals surface area contributed by atoms with Gasteiger partial charge < -0.3 is 9.84 Å². The van der Waals surface area contributed by atoms with Gasteiger partial charge in [0.15, 0.2) is 0 Å². The summed E-state index contributed by atoms with van der Waals surface area (Å²) in [5.41, 5.74) is 0.930. The molecule has 1 amide bonds. The fourth-order valence-electron chi connectivity index (χ4n) is 5.06. The number of amides is 1. The molecule has 0 radical (unpaired) electrons. The van der Waals surface area contributed by atoms with Crippen molar-refractivity contribution in [3.8, 4) is 0 Å². The van der Waals surface area contributed by atoms with Crippen molar-refractivity contribution >= 4 is 16.3 Å². The molecule has 14 heteroatoms. The molecule has 9 nitrogen and oxygen atoms in total. The standard InChI is InChI=1S/C23H33F4N3O6S/c1-15-12-20(28-37(33,34)29(2)10-11-36-23(25,26)27)21(30(15)22(31)32)14-35-19-8-6-16(7-9-19)17-4-3-5-18(24)13-17/h3-5,13,15-16,19-21,28H,6-12,14H2,1-2H3,(H,31,32)/t15-,16?,19?,20+,21+/m1/s1. The van der Waals surface area contributed by atoms with Crippen LogP contribution >= 0.6 is 0 Å². The van der Waals surface area contributed by atoms with Crippen molar-refractivity contribution in [1.82, 2.24) is 13.9 Å². The smallest absolute Gasteiger partial charge is 0.465 e. The average Bonchev–Trinajstić information content (AvgIpc) is 3.11. The van der Waals surface area contributed by atoms with Gasteiger partial charge in [0, 0.05) is 25.7 Å². The molecule has 1 aliphatic heterocycles. The highest BCUT2D eigenvalue weighted by atomic mass is 32.2. The van der Waals surface area contributed by atoms with E-state index in [1.165, 1.54) is 12.1 Å². The van der Waals surface area contributed by atoms with Gasteiger partial charge in [-0.15, -0.1) is 13.2 Å². The highest BCUT2D eigenvalue weighted by Crippen LogP contribution is 2.35. The van der Waals surface area contributed by atoms with Crippen LogP contribution in [0.2, 0.25) is 0 Å². The van der Waals surface area contributed by atoms with E-state index in [0.717, 1.165) is 30.4 Å². The van der Waals surface area contributed by atoms with E-state index in [4.69, 9.17) is 4.74 Å². The van der Waals surface area contributed by atoms with Crippen LogP contribution in [0.25, 0.3) is 0 Å². The highest BCUT2D eigenvalue weighted by Gasteiger charge is 2.44. The second-order valence-corrected chi connectivity index (χ2v) is 11.4. The minimum absolute atomic E-state index is 0.0416. The average molecular weight is 556 g/mol. The van der Waals surface area contributed by atoms with Gasteiger partial charge in [-0.05, 0) is 62.6 Å². The van der Waals surface area contributed by atoms with Crippen LogP contribution in [0.5, 0.6) is 0 Å². The number of carbonyl (C=O) groups is 1. The number of benzene rings is 1. The van der Waals surface area contributed by atoms with Crippen LogP contribution in [-0.4, -0.2) is 86.2 Å². The predicted molar refractivity (Wildman–Crippen MR) is 126 cm³/mol. The summed E-state index contributed by atoms with van der Waals surface area (Å²) in [5.74, 6) is -0.0824. The van der Waals surface area contributed by atoms with E-state index in [0.29, 0.717) is 17.1 Å². The number of hydrogen-bond acceptors (Lipinski definition) is 5. The summed E-state index contributed by atoms with van der Waals surface area (Å²) in [5, 5.41) is 9.72. The molecule has 1 aliphatic carbocycles. The molecule has 2 N–H and O–H groups in total. The molecule has 0 aromatic heterocycles. The predicted octanol–water partition coefficient (Wildman–Crippen LogP) is 3.68. The third kappa shape index (κ3) is 8.24. The maximum absolute atomic E-state index is 13.6. The first-order valence-corrected chi connectivity index (χ1v) is 13.5. The normalized spacial score (nSPS) is 27.1. The van der Waals surface area contributed by atoms with Gasteiger partial charge in [0.05, 0.1) is 25.4 Å². The van der Waals surface area contributed by atoms with Gasteiger partial charge in [-0.1, -0.05) is 12.1 Å². The summed E-state index contributed by atoms with van der Waals surface area (Å²) >= 11 is 0. The second kappa shape index (κ2) is 12.2. The lowest BCUT2D eigenvalue weighted by Crippen LogP contribution is -2.52. The number of rotatable bonds is 10. The van der Waals surface area contributed by atoms with Gasteiger partial charge in [-0.3, -0.25) is 9.64 Å². The summed E-state index contributed by atoms with van der Waals surface area (Å²) < 4.78 is 88.4. The fraction of sp³-hybridized carbons (Fsp3) is 0.696. The molecule has 1 heterocycles. The topological polar surface area (TPSA) is 108 Å². The van der Waals surface area contributed by atoms with Gasteiger partial charge in [-0.2, -0.15) is 17.4 Å². The largest absolute Gasteiger partial charge is 0.522 e. The van der Waals surface area contributed by atoms with Crippen LogP contribution in [0.1, 0.15) is 50.5 Å². The van der Waals surface area contributed by atoms with Gasteiger partial charge in [0.2, 0.25) is 0 Å². The van der Waals surface area contributed by atoms with E-state index >= 15 is 0 Å². The Bertz CT molecular complexity index is 1020. The zero-order valence-electron chi connectivity index (χ0n) is 20.7. The number of nitrogens with zero attached hydrogens (tertiary/aromatic N) is 2. The third-order valence-corrected chi connectivity index (χ3v) is 8.60. The van der Waals surface area contributed by atoms with Gasteiger partial charge in [-0.25, -0.2) is 9.18 Å². The minimum atomic E-state index is -4.88. The number of alkyl halides is 3. The summed E-state index contributed by atoms with van der Waals surface area (Å²) in [6, 6.07) is 4.35. The molecule has 3 atom stereocenters. The third-order valence-electron chi connectivity index (χ3n) is 6.99. The van der Waals surface area contributed by atoms with Crippen LogP contribution < -0.4 is 4.72 Å². The molecular weight excluding hydrogens is 522 g/mol. The molecule has 2 aliphatic rings. The zero-order valence-corrected chi connectivity index (χ0v) is 21.5. The number of ether oxygens (including phenoxy) is 2. The molecule has 0 unspecified atom stereocenters. The second-order valence-electron chi connectivity index (χ2n) is 9.55. The van der Waals surface area contributed by atoms with E-state index in [1.54, 1.807) is 13.0 Å². The monoisotopic (exact) mass is 555 g/mol. The number of hydrogen-bond donors (Lipinski definition) is 2. The molecule has 210 valence electrons. The van der Waals surface area contributed by atoms with Gasteiger partial charge in [0.1, 0.15) is 5.82 Å². The van der Waals surface area contributed by atoms with Crippen molar-refractivity contribution < 1.29 is 45.4 Å². The minimum Gasteiger partial charge on any atom is -0.465 e. The molecule has 3 rings (SSSR count). The zero-order chi connectivity index (χ0) is 27.4. The number of nitrogens with one attached hydrogen (secondary N) is 1. The van der Waals surface area contributed by atoms with Crippen molar-refractivity contribution in [1.29, 1.82) is 0 Å². The van der Waals surface area contributed by atoms with Crippen LogP contribution in [0.3, 0.4) is 0 Å². The van der Waals surface area contributed by atoms with Crippen molar-refractivity contribution in [3.63, 3.8) is 0 Å². The lowest BCUT2D eigenvalue weighted by molar-refractivity contribution is -0.324. The Morgan fingerprint density at radius 2 is 1.92 bits per heavy atom. The van der Waals surface area contributed by atoms with E-state index in [1.807, 2.05) is 6.07 Å². The Hall–Kier alpha value is -2.00. The Morgan fingerprint density at radius 1 is 1.24 bits per heavy atom. The molecule has 1 aromatic rings. The first kappa shape index (κ1) is 29.6. The summed E-state index contributed by atoms with van der Waals surface area (Å²) in [6.07, 6.45) is -3.14. The van der Waals surface area contributed by atoms with Crippen molar-refractivity contribution in [2.45, 2.75) is 75.5 Å². The Balaban J connectivity index is 1.58. The van der Waals surface area contributed by atoms with E-state index < -0.39 is 53.9 Å². The Morgan fingerprint density at radius 3 is 2.51 bits per heavy atom. The van der Waals surface area contributed by atoms with Gasteiger partial charge >= 0.3 is 12.5 Å². The van der Waals surface area contributed by atoms with Crippen molar-refractivity contribution in [3.05, 3.63) is 35.6 Å². The number of carboxylic acid groups (broad SMARTS) is 1. The van der Waals surface area contributed by atoms with Gasteiger partial charge in [0.25, 0.3) is 10.2 Å². The summed E-state index contributed by atoms with van der Waals surface area (Å²) in [7, 11) is -3.11. The Labute approximate surface area is 213 Å². The van der Waals surface area contributed by atoms with Crippen molar-refractivity contribution in [2.75, 3.05) is 26.8 Å². The van der Waals surface area contributed by atoms with Crippen LogP contribution in [0.4, 0.5) is 22.4 Å².